The molecule has 1 heteroatoms. The Kier molecular flexibility index (Phi) is 2.71. The third kappa shape index (κ3) is 1.83. The highest BCUT2D eigenvalue weighted by atomic mass is 14.5. The number of hydrogen-bond donors (Lipinski definition) is 1. The van der Waals surface area contributed by atoms with Crippen molar-refractivity contribution in [3.05, 3.63) is 35.4 Å². The topological polar surface area (TPSA) is 26.0 Å². The molecule has 0 amide bonds. The lowest BCUT2D eigenvalue weighted by Crippen LogP contribution is -2.00. The van der Waals surface area contributed by atoms with Gasteiger partial charge < -0.3 is 5.73 Å². The van der Waals surface area contributed by atoms with Crippen LogP contribution in [0.5, 0.6) is 0 Å². The molecular weight excluding hydrogens is 134 g/mol. The Labute approximate surface area is 67.2 Å². The Morgan fingerprint density at radius 2 is 1.91 bits per heavy atom. The van der Waals surface area contributed by atoms with Gasteiger partial charge in [-0.15, -0.1) is 12.3 Å². The summed E-state index contributed by atoms with van der Waals surface area (Å²) in [7, 11) is 0. The molecule has 0 spiro atoms. The van der Waals surface area contributed by atoms with Gasteiger partial charge in [0.15, 0.2) is 0 Å². The maximum Gasteiger partial charge on any atom is 0.0340 e. The number of benzene rings is 1. The van der Waals surface area contributed by atoms with Crippen LogP contribution in [-0.4, -0.2) is 0 Å². The molecule has 0 aliphatic rings. The Morgan fingerprint density at radius 3 is 2.45 bits per heavy atom. The van der Waals surface area contributed by atoms with Gasteiger partial charge in [0.25, 0.3) is 0 Å². The van der Waals surface area contributed by atoms with E-state index in [2.05, 4.69) is 5.92 Å². The zero-order chi connectivity index (χ0) is 8.10. The van der Waals surface area contributed by atoms with Gasteiger partial charge in [0.1, 0.15) is 0 Å². The molecule has 0 heterocycles. The van der Waals surface area contributed by atoms with Crippen molar-refractivity contribution in [1.82, 2.24) is 0 Å². The molecule has 0 atom stereocenters. The zero-order valence-corrected chi connectivity index (χ0v) is 6.38. The quantitative estimate of drug-likeness (QED) is 0.624. The van der Waals surface area contributed by atoms with Gasteiger partial charge in [0.05, 0.1) is 0 Å². The van der Waals surface area contributed by atoms with Crippen molar-refractivity contribution in [2.45, 2.75) is 13.0 Å². The minimum atomic E-state index is 0.567. The van der Waals surface area contributed by atoms with E-state index in [0.717, 1.165) is 11.1 Å². The summed E-state index contributed by atoms with van der Waals surface area (Å²) in [5.74, 6) is 2.60. The largest absolute Gasteiger partial charge is 0.326 e. The number of nitrogens with two attached hydrogens (primary N) is 1. The molecule has 1 aromatic rings. The van der Waals surface area contributed by atoms with Crippen LogP contribution in [0, 0.1) is 12.3 Å². The van der Waals surface area contributed by atoms with Crippen molar-refractivity contribution in [3.63, 3.8) is 0 Å². The van der Waals surface area contributed by atoms with Crippen LogP contribution in [-0.2, 0) is 13.0 Å². The molecule has 1 rings (SSSR count). The van der Waals surface area contributed by atoms with E-state index in [0.29, 0.717) is 13.0 Å². The predicted molar refractivity (Wildman–Crippen MR) is 46.9 cm³/mol. The fraction of sp³-hybridized carbons (Fsp3) is 0.200. The second kappa shape index (κ2) is 3.80. The molecule has 1 aromatic carbocycles. The van der Waals surface area contributed by atoms with Crippen LogP contribution in [0.3, 0.4) is 0 Å². The normalized spacial score (nSPS) is 9.09. The summed E-state index contributed by atoms with van der Waals surface area (Å²) in [5, 5.41) is 0. The standard InChI is InChI=1S/C10H11N/c1-2-5-9-6-3-4-7-10(9)8-11/h1,3-4,6-7H,5,8,11H2. The summed E-state index contributed by atoms with van der Waals surface area (Å²) in [6.45, 7) is 0.567. The zero-order valence-electron chi connectivity index (χ0n) is 6.38. The monoisotopic (exact) mass is 145 g/mol. The molecule has 0 fully saturated rings. The van der Waals surface area contributed by atoms with Crippen molar-refractivity contribution >= 4 is 0 Å². The first-order valence-corrected chi connectivity index (χ1v) is 3.58. The Hall–Kier alpha value is -1.26. The van der Waals surface area contributed by atoms with E-state index in [9.17, 15) is 0 Å². The van der Waals surface area contributed by atoms with Crippen molar-refractivity contribution in [2.75, 3.05) is 0 Å². The van der Waals surface area contributed by atoms with E-state index in [-0.39, 0.29) is 0 Å². The van der Waals surface area contributed by atoms with Crippen LogP contribution in [0.1, 0.15) is 11.1 Å². The molecule has 11 heavy (non-hydrogen) atoms. The van der Waals surface area contributed by atoms with Crippen LogP contribution >= 0.6 is 0 Å². The molecule has 0 aromatic heterocycles. The lowest BCUT2D eigenvalue weighted by Gasteiger charge is -2.02. The van der Waals surface area contributed by atoms with Crippen molar-refractivity contribution in [3.8, 4) is 12.3 Å². The van der Waals surface area contributed by atoms with Crippen LogP contribution < -0.4 is 5.73 Å². The molecule has 0 saturated heterocycles. The van der Waals surface area contributed by atoms with Gasteiger partial charge in [-0.1, -0.05) is 24.3 Å². The van der Waals surface area contributed by atoms with Crippen LogP contribution in [0.15, 0.2) is 24.3 Å². The Morgan fingerprint density at radius 1 is 1.27 bits per heavy atom. The summed E-state index contributed by atoms with van der Waals surface area (Å²) in [6, 6.07) is 7.97. The number of terminal acetylenes is 1. The van der Waals surface area contributed by atoms with Gasteiger partial charge in [0.2, 0.25) is 0 Å². The first-order chi connectivity index (χ1) is 5.38. The van der Waals surface area contributed by atoms with Crippen LogP contribution in [0.4, 0.5) is 0 Å². The Balaban J connectivity index is 2.94. The second-order valence-electron chi connectivity index (χ2n) is 2.35. The average Bonchev–Trinajstić information content (AvgIpc) is 2.06. The van der Waals surface area contributed by atoms with Gasteiger partial charge in [-0.2, -0.15) is 0 Å². The lowest BCUT2D eigenvalue weighted by molar-refractivity contribution is 1.04. The molecule has 0 bridgehead atoms. The van der Waals surface area contributed by atoms with E-state index in [1.165, 1.54) is 0 Å². The van der Waals surface area contributed by atoms with E-state index in [1.807, 2.05) is 24.3 Å². The minimum Gasteiger partial charge on any atom is -0.326 e. The van der Waals surface area contributed by atoms with Crippen LogP contribution in [0.25, 0.3) is 0 Å². The van der Waals surface area contributed by atoms with E-state index >= 15 is 0 Å². The summed E-state index contributed by atoms with van der Waals surface area (Å²) >= 11 is 0. The van der Waals surface area contributed by atoms with Crippen molar-refractivity contribution < 1.29 is 0 Å². The highest BCUT2D eigenvalue weighted by Gasteiger charge is 1.95. The lowest BCUT2D eigenvalue weighted by atomic mass is 10.1. The average molecular weight is 145 g/mol. The highest BCUT2D eigenvalue weighted by molar-refractivity contribution is 5.29. The maximum atomic E-state index is 5.51. The van der Waals surface area contributed by atoms with Crippen molar-refractivity contribution in [2.24, 2.45) is 5.73 Å². The molecule has 0 radical (unpaired) electrons. The summed E-state index contributed by atoms with van der Waals surface area (Å²) < 4.78 is 0. The van der Waals surface area contributed by atoms with Gasteiger partial charge in [-0.3, -0.25) is 0 Å². The molecular formula is C10H11N. The third-order valence-corrected chi connectivity index (χ3v) is 1.63. The van der Waals surface area contributed by atoms with Gasteiger partial charge in [-0.25, -0.2) is 0 Å². The maximum absolute atomic E-state index is 5.51. The molecule has 1 nitrogen and oxygen atoms in total. The van der Waals surface area contributed by atoms with E-state index in [4.69, 9.17) is 12.2 Å². The third-order valence-electron chi connectivity index (χ3n) is 1.63. The first kappa shape index (κ1) is 7.84. The molecule has 0 aliphatic heterocycles. The molecule has 0 unspecified atom stereocenters. The molecule has 0 saturated carbocycles. The van der Waals surface area contributed by atoms with Gasteiger partial charge >= 0.3 is 0 Å². The van der Waals surface area contributed by atoms with Crippen molar-refractivity contribution in [1.29, 1.82) is 0 Å². The molecule has 56 valence electrons. The highest BCUT2D eigenvalue weighted by Crippen LogP contribution is 2.07. The summed E-state index contributed by atoms with van der Waals surface area (Å²) in [6.07, 6.45) is 5.87. The first-order valence-electron chi connectivity index (χ1n) is 3.58. The molecule has 2 N–H and O–H groups in total. The van der Waals surface area contributed by atoms with Gasteiger partial charge in [-0.05, 0) is 11.1 Å². The molecule has 0 aliphatic carbocycles. The Bertz CT molecular complexity index is 270. The van der Waals surface area contributed by atoms with Crippen LogP contribution in [0.2, 0.25) is 0 Å². The minimum absolute atomic E-state index is 0.567. The van der Waals surface area contributed by atoms with Gasteiger partial charge in [0, 0.05) is 13.0 Å². The summed E-state index contributed by atoms with van der Waals surface area (Å²) in [4.78, 5) is 0. The predicted octanol–water partition coefficient (Wildman–Crippen LogP) is 1.32. The fourth-order valence-electron chi connectivity index (χ4n) is 1.04. The van der Waals surface area contributed by atoms with E-state index < -0.39 is 0 Å². The SMILES string of the molecule is C#CCc1ccccc1CN. The number of rotatable bonds is 2. The second-order valence-corrected chi connectivity index (χ2v) is 2.35. The summed E-state index contributed by atoms with van der Waals surface area (Å²) in [5.41, 5.74) is 7.82. The fourth-order valence-corrected chi connectivity index (χ4v) is 1.04. The number of hydrogen-bond acceptors (Lipinski definition) is 1. The van der Waals surface area contributed by atoms with E-state index in [1.54, 1.807) is 0 Å². The smallest absolute Gasteiger partial charge is 0.0340 e.